The van der Waals surface area contributed by atoms with Gasteiger partial charge in [0, 0.05) is 22.4 Å². The smallest absolute Gasteiger partial charge is 0.137 e. The summed E-state index contributed by atoms with van der Waals surface area (Å²) in [5.74, 6) is 0.890. The number of anilines is 3. The standard InChI is InChI=1S/C35H24N2/c1-2-14-26(15-3-1)34-28-18-6-8-20-30(28)35(31-21-9-7-19-29(31)34)37(33-23-10-11-24-36-33)32-22-12-16-25-13-4-5-17-27(25)32/h1-24H. The maximum absolute atomic E-state index is 4.86. The summed E-state index contributed by atoms with van der Waals surface area (Å²) in [5, 5.41) is 7.23. The van der Waals surface area contributed by atoms with Gasteiger partial charge in [-0.05, 0) is 45.5 Å². The number of rotatable bonds is 4. The van der Waals surface area contributed by atoms with E-state index in [4.69, 9.17) is 4.98 Å². The van der Waals surface area contributed by atoms with Crippen LogP contribution in [0, 0.1) is 0 Å². The zero-order valence-corrected chi connectivity index (χ0v) is 20.3. The highest BCUT2D eigenvalue weighted by Gasteiger charge is 2.23. The molecule has 0 N–H and O–H groups in total. The van der Waals surface area contributed by atoms with E-state index in [0.717, 1.165) is 17.2 Å². The number of hydrogen-bond acceptors (Lipinski definition) is 2. The molecule has 0 fully saturated rings. The molecule has 174 valence electrons. The third kappa shape index (κ3) is 3.54. The van der Waals surface area contributed by atoms with E-state index in [-0.39, 0.29) is 0 Å². The van der Waals surface area contributed by atoms with Crippen LogP contribution in [0.5, 0.6) is 0 Å². The fraction of sp³-hybridized carbons (Fsp3) is 0. The average Bonchev–Trinajstić information content (AvgIpc) is 2.98. The van der Waals surface area contributed by atoms with Gasteiger partial charge in [0.2, 0.25) is 0 Å². The first-order valence-corrected chi connectivity index (χ1v) is 12.6. The lowest BCUT2D eigenvalue weighted by atomic mass is 9.90. The third-order valence-corrected chi connectivity index (χ3v) is 7.08. The first kappa shape index (κ1) is 21.3. The van der Waals surface area contributed by atoms with Crippen LogP contribution < -0.4 is 4.90 Å². The third-order valence-electron chi connectivity index (χ3n) is 7.08. The van der Waals surface area contributed by atoms with Gasteiger partial charge in [-0.3, -0.25) is 4.90 Å². The summed E-state index contributed by atoms with van der Waals surface area (Å²) >= 11 is 0. The van der Waals surface area contributed by atoms with E-state index < -0.39 is 0 Å². The van der Waals surface area contributed by atoms with Crippen molar-refractivity contribution >= 4 is 49.5 Å². The summed E-state index contributed by atoms with van der Waals surface area (Å²) in [7, 11) is 0. The summed E-state index contributed by atoms with van der Waals surface area (Å²) in [4.78, 5) is 7.19. The molecule has 7 aromatic rings. The van der Waals surface area contributed by atoms with Gasteiger partial charge in [0.05, 0.1) is 11.4 Å². The van der Waals surface area contributed by atoms with Gasteiger partial charge in [0.1, 0.15) is 5.82 Å². The molecule has 1 heterocycles. The van der Waals surface area contributed by atoms with Crippen LogP contribution in [0.3, 0.4) is 0 Å². The highest BCUT2D eigenvalue weighted by atomic mass is 15.2. The first-order chi connectivity index (χ1) is 18.4. The van der Waals surface area contributed by atoms with E-state index in [1.54, 1.807) is 0 Å². The Hall–Kier alpha value is -4.95. The monoisotopic (exact) mass is 472 g/mol. The number of hydrogen-bond donors (Lipinski definition) is 0. The molecule has 2 nitrogen and oxygen atoms in total. The van der Waals surface area contributed by atoms with Gasteiger partial charge in [-0.2, -0.15) is 0 Å². The van der Waals surface area contributed by atoms with Gasteiger partial charge in [-0.15, -0.1) is 0 Å². The minimum absolute atomic E-state index is 0.890. The molecule has 1 aromatic heterocycles. The summed E-state index contributed by atoms with van der Waals surface area (Å²) < 4.78 is 0. The quantitative estimate of drug-likeness (QED) is 0.237. The van der Waals surface area contributed by atoms with E-state index in [2.05, 4.69) is 138 Å². The fourth-order valence-electron chi connectivity index (χ4n) is 5.51. The van der Waals surface area contributed by atoms with Crippen LogP contribution in [-0.4, -0.2) is 4.98 Å². The zero-order valence-electron chi connectivity index (χ0n) is 20.3. The molecule has 0 aliphatic rings. The molecule has 0 unspecified atom stereocenters. The molecule has 2 heteroatoms. The summed E-state index contributed by atoms with van der Waals surface area (Å²) in [6, 6.07) is 49.4. The van der Waals surface area contributed by atoms with Crippen molar-refractivity contribution in [2.45, 2.75) is 0 Å². The normalized spacial score (nSPS) is 11.2. The molecule has 0 aliphatic carbocycles. The van der Waals surface area contributed by atoms with Crippen molar-refractivity contribution in [2.75, 3.05) is 4.90 Å². The number of fused-ring (bicyclic) bond motifs is 3. The van der Waals surface area contributed by atoms with Crippen molar-refractivity contribution in [3.8, 4) is 11.1 Å². The SMILES string of the molecule is c1ccc(-c2c3ccccc3c(N(c3ccccn3)c3cccc4ccccc34)c3ccccc23)cc1. The van der Waals surface area contributed by atoms with E-state index in [0.29, 0.717) is 0 Å². The van der Waals surface area contributed by atoms with E-state index in [1.807, 2.05) is 12.3 Å². The van der Waals surface area contributed by atoms with Crippen LogP contribution in [-0.2, 0) is 0 Å². The molecule has 0 saturated heterocycles. The Morgan fingerprint density at radius 1 is 0.432 bits per heavy atom. The summed E-state index contributed by atoms with van der Waals surface area (Å²) in [5.41, 5.74) is 4.73. The van der Waals surface area contributed by atoms with Crippen molar-refractivity contribution < 1.29 is 0 Å². The predicted octanol–water partition coefficient (Wildman–Crippen LogP) is 9.68. The van der Waals surface area contributed by atoms with Gasteiger partial charge in [-0.25, -0.2) is 4.98 Å². The lowest BCUT2D eigenvalue weighted by Crippen LogP contribution is -2.13. The van der Waals surface area contributed by atoms with Crippen molar-refractivity contribution in [3.63, 3.8) is 0 Å². The Morgan fingerprint density at radius 3 is 1.68 bits per heavy atom. The second kappa shape index (κ2) is 8.92. The van der Waals surface area contributed by atoms with Crippen LogP contribution in [0.2, 0.25) is 0 Å². The molecule has 0 amide bonds. The molecule has 0 bridgehead atoms. The number of benzene rings is 6. The van der Waals surface area contributed by atoms with Gasteiger partial charge in [-0.1, -0.05) is 121 Å². The highest BCUT2D eigenvalue weighted by Crippen LogP contribution is 2.48. The van der Waals surface area contributed by atoms with E-state index >= 15 is 0 Å². The maximum atomic E-state index is 4.86. The van der Waals surface area contributed by atoms with Gasteiger partial charge >= 0.3 is 0 Å². The van der Waals surface area contributed by atoms with Crippen LogP contribution in [0.25, 0.3) is 43.4 Å². The highest BCUT2D eigenvalue weighted by molar-refractivity contribution is 6.22. The van der Waals surface area contributed by atoms with Crippen LogP contribution in [0.1, 0.15) is 0 Å². The molecular formula is C35H24N2. The number of aromatic nitrogens is 1. The lowest BCUT2D eigenvalue weighted by Gasteiger charge is -2.29. The maximum Gasteiger partial charge on any atom is 0.137 e. The molecular weight excluding hydrogens is 448 g/mol. The fourth-order valence-corrected chi connectivity index (χ4v) is 5.51. The van der Waals surface area contributed by atoms with Gasteiger partial charge in [0.25, 0.3) is 0 Å². The molecule has 0 saturated carbocycles. The molecule has 0 spiro atoms. The Morgan fingerprint density at radius 2 is 1.00 bits per heavy atom. The topological polar surface area (TPSA) is 16.1 Å². The molecule has 0 atom stereocenters. The Labute approximate surface area is 216 Å². The lowest BCUT2D eigenvalue weighted by molar-refractivity contribution is 1.20. The molecule has 0 aliphatic heterocycles. The van der Waals surface area contributed by atoms with Gasteiger partial charge < -0.3 is 0 Å². The zero-order chi connectivity index (χ0) is 24.6. The average molecular weight is 473 g/mol. The molecule has 0 radical (unpaired) electrons. The van der Waals surface area contributed by atoms with Gasteiger partial charge in [0.15, 0.2) is 0 Å². The second-order valence-electron chi connectivity index (χ2n) is 9.20. The van der Waals surface area contributed by atoms with Crippen molar-refractivity contribution in [1.82, 2.24) is 4.98 Å². The number of nitrogens with zero attached hydrogens (tertiary/aromatic N) is 2. The van der Waals surface area contributed by atoms with Crippen LogP contribution in [0.4, 0.5) is 17.2 Å². The Balaban J connectivity index is 1.66. The number of pyridine rings is 1. The summed E-state index contributed by atoms with van der Waals surface area (Å²) in [6.07, 6.45) is 1.87. The van der Waals surface area contributed by atoms with Crippen LogP contribution in [0.15, 0.2) is 146 Å². The van der Waals surface area contributed by atoms with Crippen molar-refractivity contribution in [2.24, 2.45) is 0 Å². The minimum Gasteiger partial charge on any atom is -0.293 e. The minimum atomic E-state index is 0.890. The van der Waals surface area contributed by atoms with E-state index in [1.165, 1.54) is 43.4 Å². The molecule has 7 rings (SSSR count). The van der Waals surface area contributed by atoms with Crippen molar-refractivity contribution in [1.29, 1.82) is 0 Å². The molecule has 37 heavy (non-hydrogen) atoms. The van der Waals surface area contributed by atoms with E-state index in [9.17, 15) is 0 Å². The first-order valence-electron chi connectivity index (χ1n) is 12.6. The summed E-state index contributed by atoms with van der Waals surface area (Å²) in [6.45, 7) is 0. The Bertz CT molecular complexity index is 1810. The van der Waals surface area contributed by atoms with Crippen LogP contribution >= 0.6 is 0 Å². The Kier molecular flexibility index (Phi) is 5.15. The predicted molar refractivity (Wildman–Crippen MR) is 157 cm³/mol. The largest absolute Gasteiger partial charge is 0.293 e. The molecule has 6 aromatic carbocycles. The second-order valence-corrected chi connectivity index (χ2v) is 9.20. The van der Waals surface area contributed by atoms with Crippen molar-refractivity contribution in [3.05, 3.63) is 146 Å².